The first-order valence-electron chi connectivity index (χ1n) is 7.11. The fourth-order valence-corrected chi connectivity index (χ4v) is 3.14. The Kier molecular flexibility index (Phi) is 4.11. The third-order valence-electron chi connectivity index (χ3n) is 3.41. The molecule has 3 aromatic rings. The summed E-state index contributed by atoms with van der Waals surface area (Å²) in [5.74, 6) is 0.942. The maximum Gasteiger partial charge on any atom is 0.342 e. The predicted octanol–water partition coefficient (Wildman–Crippen LogP) is 5.16. The lowest BCUT2D eigenvalue weighted by atomic mass is 10.0. The Morgan fingerprint density at radius 1 is 1.18 bits per heavy atom. The summed E-state index contributed by atoms with van der Waals surface area (Å²) in [5.41, 5.74) is 3.18. The van der Waals surface area contributed by atoms with E-state index in [9.17, 15) is 4.79 Å². The number of carbonyl (C=O) groups excluding carboxylic acids is 1. The van der Waals surface area contributed by atoms with Crippen LogP contribution in [0.15, 0.2) is 51.6 Å². The first kappa shape index (κ1) is 14.6. The monoisotopic (exact) mass is 312 g/mol. The van der Waals surface area contributed by atoms with Crippen molar-refractivity contribution in [2.24, 2.45) is 0 Å². The van der Waals surface area contributed by atoms with Crippen molar-refractivity contribution in [3.05, 3.63) is 58.5 Å². The molecule has 4 heteroatoms. The summed E-state index contributed by atoms with van der Waals surface area (Å²) in [5, 5.41) is 3.99. The molecule has 0 saturated heterocycles. The minimum atomic E-state index is -0.348. The summed E-state index contributed by atoms with van der Waals surface area (Å²) in [6.45, 7) is 4.01. The van der Waals surface area contributed by atoms with Gasteiger partial charge in [-0.3, -0.25) is 0 Å². The molecular formula is C18H16O3S. The molecule has 0 aliphatic rings. The van der Waals surface area contributed by atoms with Gasteiger partial charge in [0.15, 0.2) is 0 Å². The number of carbonyl (C=O) groups is 1. The zero-order valence-electron chi connectivity index (χ0n) is 12.5. The van der Waals surface area contributed by atoms with E-state index < -0.39 is 0 Å². The first-order chi connectivity index (χ1) is 10.7. The molecule has 2 aromatic heterocycles. The average molecular weight is 312 g/mol. The Morgan fingerprint density at radius 3 is 2.59 bits per heavy atom. The number of ether oxygens (including phenoxy) is 1. The minimum Gasteiger partial charge on any atom is -0.462 e. The Balaban J connectivity index is 2.23. The summed E-state index contributed by atoms with van der Waals surface area (Å²) in [4.78, 5) is 12.5. The van der Waals surface area contributed by atoms with Crippen LogP contribution in [-0.2, 0) is 4.74 Å². The van der Waals surface area contributed by atoms with E-state index in [1.165, 1.54) is 0 Å². The highest BCUT2D eigenvalue weighted by molar-refractivity contribution is 7.08. The van der Waals surface area contributed by atoms with Gasteiger partial charge in [-0.2, -0.15) is 11.3 Å². The van der Waals surface area contributed by atoms with Crippen molar-refractivity contribution >= 4 is 17.3 Å². The van der Waals surface area contributed by atoms with Crippen molar-refractivity contribution < 1.29 is 13.9 Å². The molecule has 0 N–H and O–H groups in total. The molecule has 2 heterocycles. The molecule has 0 atom stereocenters. The molecule has 22 heavy (non-hydrogen) atoms. The standard InChI is InChI=1S/C18H16O3S/c1-3-20-18(19)16-15(14-9-10-22-11-14)12(2)21-17(16)13-7-5-4-6-8-13/h4-11H,3H2,1-2H3. The number of thiophene rings is 1. The van der Waals surface area contributed by atoms with Gasteiger partial charge in [-0.25, -0.2) is 4.79 Å². The summed E-state index contributed by atoms with van der Waals surface area (Å²) in [6, 6.07) is 11.6. The van der Waals surface area contributed by atoms with Crippen LogP contribution in [0.5, 0.6) is 0 Å². The van der Waals surface area contributed by atoms with Crippen molar-refractivity contribution in [2.75, 3.05) is 6.61 Å². The van der Waals surface area contributed by atoms with Crippen LogP contribution in [-0.4, -0.2) is 12.6 Å². The van der Waals surface area contributed by atoms with Crippen molar-refractivity contribution in [2.45, 2.75) is 13.8 Å². The van der Waals surface area contributed by atoms with Gasteiger partial charge in [0.1, 0.15) is 17.1 Å². The third kappa shape index (κ3) is 2.57. The van der Waals surface area contributed by atoms with Gasteiger partial charge in [0.05, 0.1) is 6.61 Å². The Bertz CT molecular complexity index is 770. The van der Waals surface area contributed by atoms with Gasteiger partial charge >= 0.3 is 5.97 Å². The SMILES string of the molecule is CCOC(=O)c1c(-c2ccccc2)oc(C)c1-c1ccsc1. The number of benzene rings is 1. The fraction of sp³-hybridized carbons (Fsp3) is 0.167. The predicted molar refractivity (Wildman–Crippen MR) is 88.2 cm³/mol. The largest absolute Gasteiger partial charge is 0.462 e. The molecular weight excluding hydrogens is 296 g/mol. The molecule has 0 amide bonds. The quantitative estimate of drug-likeness (QED) is 0.625. The lowest BCUT2D eigenvalue weighted by Crippen LogP contribution is -2.06. The molecule has 0 fully saturated rings. The van der Waals surface area contributed by atoms with Crippen LogP contribution in [0.2, 0.25) is 0 Å². The molecule has 0 saturated carbocycles. The van der Waals surface area contributed by atoms with Gasteiger partial charge in [0.25, 0.3) is 0 Å². The summed E-state index contributed by atoms with van der Waals surface area (Å²) < 4.78 is 11.2. The van der Waals surface area contributed by atoms with Gasteiger partial charge in [-0.1, -0.05) is 30.3 Å². The van der Waals surface area contributed by atoms with E-state index in [0.29, 0.717) is 17.9 Å². The van der Waals surface area contributed by atoms with Crippen molar-refractivity contribution in [3.63, 3.8) is 0 Å². The molecule has 112 valence electrons. The summed E-state index contributed by atoms with van der Waals surface area (Å²) >= 11 is 1.59. The smallest absolute Gasteiger partial charge is 0.342 e. The van der Waals surface area contributed by atoms with Gasteiger partial charge in [-0.05, 0) is 36.2 Å². The van der Waals surface area contributed by atoms with Crippen LogP contribution >= 0.6 is 11.3 Å². The summed E-state index contributed by atoms with van der Waals surface area (Å²) in [7, 11) is 0. The Hall–Kier alpha value is -2.33. The van der Waals surface area contributed by atoms with Gasteiger partial charge in [0.2, 0.25) is 0 Å². The van der Waals surface area contributed by atoms with Crippen LogP contribution < -0.4 is 0 Å². The Labute approximate surface area is 133 Å². The van der Waals surface area contributed by atoms with E-state index in [2.05, 4.69) is 0 Å². The fourth-order valence-electron chi connectivity index (χ4n) is 2.49. The molecule has 0 bridgehead atoms. The van der Waals surface area contributed by atoms with Crippen molar-refractivity contribution in [1.29, 1.82) is 0 Å². The average Bonchev–Trinajstić information content (AvgIpc) is 3.15. The van der Waals surface area contributed by atoms with E-state index in [4.69, 9.17) is 9.15 Å². The summed E-state index contributed by atoms with van der Waals surface area (Å²) in [6.07, 6.45) is 0. The van der Waals surface area contributed by atoms with E-state index in [-0.39, 0.29) is 5.97 Å². The zero-order valence-corrected chi connectivity index (χ0v) is 13.3. The number of rotatable bonds is 4. The van der Waals surface area contributed by atoms with E-state index >= 15 is 0 Å². The van der Waals surface area contributed by atoms with Crippen LogP contribution in [0.4, 0.5) is 0 Å². The first-order valence-corrected chi connectivity index (χ1v) is 8.05. The highest BCUT2D eigenvalue weighted by Crippen LogP contribution is 2.39. The van der Waals surface area contributed by atoms with Gasteiger partial charge in [0, 0.05) is 11.1 Å². The van der Waals surface area contributed by atoms with E-state index in [0.717, 1.165) is 22.5 Å². The van der Waals surface area contributed by atoms with Crippen LogP contribution in [0.3, 0.4) is 0 Å². The Morgan fingerprint density at radius 2 is 1.95 bits per heavy atom. The number of hydrogen-bond donors (Lipinski definition) is 0. The highest BCUT2D eigenvalue weighted by Gasteiger charge is 2.26. The molecule has 0 aliphatic carbocycles. The number of esters is 1. The zero-order chi connectivity index (χ0) is 15.5. The minimum absolute atomic E-state index is 0.334. The molecule has 0 aliphatic heterocycles. The van der Waals surface area contributed by atoms with E-state index in [1.54, 1.807) is 18.3 Å². The highest BCUT2D eigenvalue weighted by atomic mass is 32.1. The normalized spacial score (nSPS) is 10.6. The van der Waals surface area contributed by atoms with Crippen LogP contribution in [0.1, 0.15) is 23.0 Å². The molecule has 3 rings (SSSR count). The second-order valence-corrected chi connectivity index (χ2v) is 5.62. The van der Waals surface area contributed by atoms with E-state index in [1.807, 2.05) is 54.1 Å². The van der Waals surface area contributed by atoms with Gasteiger partial charge in [-0.15, -0.1) is 0 Å². The third-order valence-corrected chi connectivity index (χ3v) is 4.09. The van der Waals surface area contributed by atoms with Crippen molar-refractivity contribution in [1.82, 2.24) is 0 Å². The molecule has 0 spiro atoms. The maximum absolute atomic E-state index is 12.5. The molecule has 3 nitrogen and oxygen atoms in total. The second kappa shape index (κ2) is 6.20. The van der Waals surface area contributed by atoms with Gasteiger partial charge < -0.3 is 9.15 Å². The lowest BCUT2D eigenvalue weighted by Gasteiger charge is -2.05. The topological polar surface area (TPSA) is 39.4 Å². The lowest BCUT2D eigenvalue weighted by molar-refractivity contribution is 0.0527. The number of aryl methyl sites for hydroxylation is 1. The maximum atomic E-state index is 12.5. The molecule has 1 aromatic carbocycles. The molecule has 0 radical (unpaired) electrons. The van der Waals surface area contributed by atoms with Crippen molar-refractivity contribution in [3.8, 4) is 22.5 Å². The number of furan rings is 1. The number of hydrogen-bond acceptors (Lipinski definition) is 4. The molecule has 0 unspecified atom stereocenters. The van der Waals surface area contributed by atoms with Crippen LogP contribution in [0, 0.1) is 6.92 Å². The van der Waals surface area contributed by atoms with Crippen LogP contribution in [0.25, 0.3) is 22.5 Å². The second-order valence-electron chi connectivity index (χ2n) is 4.84.